The molecule has 4 rings (SSSR count). The second-order valence-corrected chi connectivity index (χ2v) is 7.32. The highest BCUT2D eigenvalue weighted by molar-refractivity contribution is 5.99. The Morgan fingerprint density at radius 3 is 2.58 bits per heavy atom. The molecule has 0 unspecified atom stereocenters. The molecule has 2 N–H and O–H groups in total. The molecule has 3 heterocycles. The van der Waals surface area contributed by atoms with E-state index >= 15 is 0 Å². The van der Waals surface area contributed by atoms with E-state index in [-0.39, 0.29) is 5.91 Å². The fourth-order valence-corrected chi connectivity index (χ4v) is 3.29. The van der Waals surface area contributed by atoms with E-state index in [1.54, 1.807) is 36.8 Å². The summed E-state index contributed by atoms with van der Waals surface area (Å²) in [5.74, 6) is 0.273. The van der Waals surface area contributed by atoms with Crippen molar-refractivity contribution in [3.63, 3.8) is 0 Å². The SMILES string of the molecule is N#Cc1ccc(-c2ccc(C(=O)NCc3cccnc3)c(NCCc3ccccn3)n2)cc1. The van der Waals surface area contributed by atoms with Crippen molar-refractivity contribution in [1.82, 2.24) is 20.3 Å². The van der Waals surface area contributed by atoms with Gasteiger partial charge in [0.1, 0.15) is 5.82 Å². The smallest absolute Gasteiger partial charge is 0.255 e. The molecule has 0 bridgehead atoms. The van der Waals surface area contributed by atoms with Crippen LogP contribution in [-0.2, 0) is 13.0 Å². The first-order valence-electron chi connectivity index (χ1n) is 10.6. The van der Waals surface area contributed by atoms with Crippen molar-refractivity contribution in [3.8, 4) is 17.3 Å². The first-order chi connectivity index (χ1) is 16.2. The van der Waals surface area contributed by atoms with Crippen LogP contribution in [0.3, 0.4) is 0 Å². The maximum atomic E-state index is 12.9. The van der Waals surface area contributed by atoms with E-state index in [0.717, 1.165) is 16.8 Å². The van der Waals surface area contributed by atoms with Gasteiger partial charge in [-0.15, -0.1) is 0 Å². The van der Waals surface area contributed by atoms with Gasteiger partial charge in [-0.2, -0.15) is 5.26 Å². The van der Waals surface area contributed by atoms with Crippen molar-refractivity contribution in [1.29, 1.82) is 5.26 Å². The molecule has 1 aromatic carbocycles. The number of benzene rings is 1. The molecule has 4 aromatic rings. The van der Waals surface area contributed by atoms with Gasteiger partial charge in [-0.3, -0.25) is 14.8 Å². The first kappa shape index (κ1) is 21.7. The van der Waals surface area contributed by atoms with Crippen LogP contribution < -0.4 is 10.6 Å². The lowest BCUT2D eigenvalue weighted by Crippen LogP contribution is -2.25. The molecule has 0 aliphatic heterocycles. The summed E-state index contributed by atoms with van der Waals surface area (Å²) in [6, 6.07) is 22.4. The largest absolute Gasteiger partial charge is 0.369 e. The van der Waals surface area contributed by atoms with E-state index in [4.69, 9.17) is 10.2 Å². The minimum atomic E-state index is -0.224. The molecule has 0 radical (unpaired) electrons. The van der Waals surface area contributed by atoms with E-state index in [1.165, 1.54) is 0 Å². The van der Waals surface area contributed by atoms with Gasteiger partial charge in [0.05, 0.1) is 22.9 Å². The number of nitriles is 1. The third kappa shape index (κ3) is 5.77. The molecule has 0 fully saturated rings. The summed E-state index contributed by atoms with van der Waals surface area (Å²) in [6.45, 7) is 0.946. The highest BCUT2D eigenvalue weighted by Gasteiger charge is 2.14. The summed E-state index contributed by atoms with van der Waals surface area (Å²) in [5, 5.41) is 15.3. The Morgan fingerprint density at radius 2 is 1.85 bits per heavy atom. The third-order valence-electron chi connectivity index (χ3n) is 5.03. The lowest BCUT2D eigenvalue weighted by atomic mass is 10.1. The van der Waals surface area contributed by atoms with Gasteiger partial charge in [0.25, 0.3) is 5.91 Å². The van der Waals surface area contributed by atoms with Crippen molar-refractivity contribution in [2.75, 3.05) is 11.9 Å². The molecule has 0 aliphatic rings. The molecule has 7 heteroatoms. The van der Waals surface area contributed by atoms with Gasteiger partial charge in [0, 0.05) is 49.4 Å². The number of hydrogen-bond acceptors (Lipinski definition) is 6. The van der Waals surface area contributed by atoms with Crippen LogP contribution in [0.2, 0.25) is 0 Å². The number of hydrogen-bond donors (Lipinski definition) is 2. The van der Waals surface area contributed by atoms with Gasteiger partial charge >= 0.3 is 0 Å². The second-order valence-electron chi connectivity index (χ2n) is 7.32. The van der Waals surface area contributed by atoms with E-state index in [2.05, 4.69) is 26.7 Å². The Kier molecular flexibility index (Phi) is 6.98. The van der Waals surface area contributed by atoms with E-state index in [9.17, 15) is 4.79 Å². The number of nitrogens with zero attached hydrogens (tertiary/aromatic N) is 4. The van der Waals surface area contributed by atoms with Crippen molar-refractivity contribution in [2.45, 2.75) is 13.0 Å². The Bertz CT molecular complexity index is 1250. The first-order valence-corrected chi connectivity index (χ1v) is 10.6. The number of anilines is 1. The molecule has 0 aliphatic carbocycles. The van der Waals surface area contributed by atoms with Crippen LogP contribution in [0.5, 0.6) is 0 Å². The molecule has 162 valence electrons. The second kappa shape index (κ2) is 10.6. The van der Waals surface area contributed by atoms with Gasteiger partial charge in [-0.1, -0.05) is 24.3 Å². The number of rotatable bonds is 8. The van der Waals surface area contributed by atoms with Crippen LogP contribution in [0.15, 0.2) is 85.3 Å². The predicted octanol–water partition coefficient (Wildman–Crippen LogP) is 3.99. The van der Waals surface area contributed by atoms with Crippen LogP contribution in [0.25, 0.3) is 11.3 Å². The number of carbonyl (C=O) groups excluding carboxylic acids is 1. The third-order valence-corrected chi connectivity index (χ3v) is 5.03. The van der Waals surface area contributed by atoms with Gasteiger partial charge in [0.15, 0.2) is 0 Å². The molecular weight excluding hydrogens is 412 g/mol. The molecule has 0 atom stereocenters. The fourth-order valence-electron chi connectivity index (χ4n) is 3.29. The number of aromatic nitrogens is 3. The zero-order chi connectivity index (χ0) is 22.9. The summed E-state index contributed by atoms with van der Waals surface area (Å²) in [4.78, 5) is 26.1. The summed E-state index contributed by atoms with van der Waals surface area (Å²) >= 11 is 0. The molecule has 0 saturated carbocycles. The van der Waals surface area contributed by atoms with Crippen molar-refractivity contribution >= 4 is 11.7 Å². The van der Waals surface area contributed by atoms with Crippen LogP contribution in [0.4, 0.5) is 5.82 Å². The van der Waals surface area contributed by atoms with E-state index in [1.807, 2.05) is 48.5 Å². The molecule has 7 nitrogen and oxygen atoms in total. The zero-order valence-electron chi connectivity index (χ0n) is 17.9. The zero-order valence-corrected chi connectivity index (χ0v) is 17.9. The topological polar surface area (TPSA) is 104 Å². The number of amides is 1. The molecule has 3 aromatic heterocycles. The fraction of sp³-hybridized carbons (Fsp3) is 0.115. The number of nitrogens with one attached hydrogen (secondary N) is 2. The Morgan fingerprint density at radius 1 is 0.970 bits per heavy atom. The normalized spacial score (nSPS) is 10.3. The lowest BCUT2D eigenvalue weighted by Gasteiger charge is -2.13. The highest BCUT2D eigenvalue weighted by Crippen LogP contribution is 2.23. The van der Waals surface area contributed by atoms with Crippen LogP contribution in [0.1, 0.15) is 27.2 Å². The van der Waals surface area contributed by atoms with Crippen LogP contribution in [-0.4, -0.2) is 27.4 Å². The van der Waals surface area contributed by atoms with Crippen molar-refractivity contribution in [2.24, 2.45) is 0 Å². The van der Waals surface area contributed by atoms with Crippen LogP contribution in [0, 0.1) is 11.3 Å². The monoisotopic (exact) mass is 434 g/mol. The minimum absolute atomic E-state index is 0.224. The Balaban J connectivity index is 1.55. The Hall–Kier alpha value is -4.57. The average molecular weight is 435 g/mol. The van der Waals surface area contributed by atoms with Gasteiger partial charge < -0.3 is 10.6 Å². The van der Waals surface area contributed by atoms with Gasteiger partial charge in [-0.25, -0.2) is 4.98 Å². The maximum Gasteiger partial charge on any atom is 0.255 e. The van der Waals surface area contributed by atoms with Crippen molar-refractivity contribution < 1.29 is 4.79 Å². The standard InChI is InChI=1S/C26H22N6O/c27-16-19-6-8-21(9-7-19)24-11-10-23(26(33)31-18-20-4-3-13-28-17-20)25(32-24)30-15-12-22-5-1-2-14-29-22/h1-11,13-14,17H,12,15,18H2,(H,30,32)(H,31,33). The molecular formula is C26H22N6O. The van der Waals surface area contributed by atoms with E-state index < -0.39 is 0 Å². The summed E-state index contributed by atoms with van der Waals surface area (Å²) in [6.07, 6.45) is 5.87. The van der Waals surface area contributed by atoms with Gasteiger partial charge in [-0.05, 0) is 48.0 Å². The lowest BCUT2D eigenvalue weighted by molar-refractivity contribution is 0.0951. The minimum Gasteiger partial charge on any atom is -0.369 e. The summed E-state index contributed by atoms with van der Waals surface area (Å²) in [5.41, 5.74) is 4.48. The summed E-state index contributed by atoms with van der Waals surface area (Å²) in [7, 11) is 0. The Labute approximate surface area is 192 Å². The van der Waals surface area contributed by atoms with E-state index in [0.29, 0.717) is 42.1 Å². The summed E-state index contributed by atoms with van der Waals surface area (Å²) < 4.78 is 0. The quantitative estimate of drug-likeness (QED) is 0.435. The number of pyridine rings is 3. The highest BCUT2D eigenvalue weighted by atomic mass is 16.1. The maximum absolute atomic E-state index is 12.9. The molecule has 1 amide bonds. The molecule has 0 saturated heterocycles. The average Bonchev–Trinajstić information content (AvgIpc) is 2.88. The van der Waals surface area contributed by atoms with Gasteiger partial charge in [0.2, 0.25) is 0 Å². The van der Waals surface area contributed by atoms with Crippen LogP contribution >= 0.6 is 0 Å². The molecule has 0 spiro atoms. The predicted molar refractivity (Wildman–Crippen MR) is 126 cm³/mol. The number of carbonyl (C=O) groups is 1. The molecule has 33 heavy (non-hydrogen) atoms. The van der Waals surface area contributed by atoms with Crippen molar-refractivity contribution in [3.05, 3.63) is 108 Å².